The summed E-state index contributed by atoms with van der Waals surface area (Å²) in [5.74, 6) is 0.909. The van der Waals surface area contributed by atoms with E-state index in [9.17, 15) is 0 Å². The maximum atomic E-state index is 5.07. The van der Waals surface area contributed by atoms with Gasteiger partial charge in [-0.25, -0.2) is 4.98 Å². The van der Waals surface area contributed by atoms with Crippen LogP contribution in [0.3, 0.4) is 0 Å². The average Bonchev–Trinajstić information content (AvgIpc) is 3.54. The molecule has 0 spiro atoms. The van der Waals surface area contributed by atoms with Crippen molar-refractivity contribution in [2.75, 3.05) is 0 Å². The molecule has 0 aliphatic heterocycles. The number of rotatable bonds is 7. The zero-order valence-electron chi connectivity index (χ0n) is 27.1. The van der Waals surface area contributed by atoms with Crippen molar-refractivity contribution in [1.82, 2.24) is 9.55 Å². The van der Waals surface area contributed by atoms with Crippen molar-refractivity contribution in [3.63, 3.8) is 0 Å². The number of allylic oxidation sites excluding steroid dienone is 9. The molecule has 0 amide bonds. The highest BCUT2D eigenvalue weighted by molar-refractivity contribution is 6.19. The fourth-order valence-electron chi connectivity index (χ4n) is 7.19. The van der Waals surface area contributed by atoms with Gasteiger partial charge in [0.15, 0.2) is 0 Å². The van der Waals surface area contributed by atoms with Crippen LogP contribution < -0.4 is 0 Å². The minimum Gasteiger partial charge on any atom is -0.292 e. The lowest BCUT2D eigenvalue weighted by molar-refractivity contribution is 1.06. The zero-order chi connectivity index (χ0) is 32.5. The highest BCUT2D eigenvalue weighted by Gasteiger charge is 2.20. The molecule has 7 aromatic rings. The summed E-state index contributed by atoms with van der Waals surface area (Å²) in [6.07, 6.45) is 16.8. The van der Waals surface area contributed by atoms with Crippen LogP contribution in [-0.2, 0) is 0 Å². The molecule has 0 saturated carbocycles. The highest BCUT2D eigenvalue weighted by Crippen LogP contribution is 2.44. The number of hydrogen-bond acceptors (Lipinski definition) is 1. The van der Waals surface area contributed by atoms with Gasteiger partial charge in [-0.05, 0) is 105 Å². The lowest BCUT2D eigenvalue weighted by atomic mass is 9.83. The van der Waals surface area contributed by atoms with Gasteiger partial charge in [-0.3, -0.25) is 4.57 Å². The number of aromatic nitrogens is 2. The van der Waals surface area contributed by atoms with Gasteiger partial charge in [-0.1, -0.05) is 140 Å². The van der Waals surface area contributed by atoms with Crippen LogP contribution in [0.15, 0.2) is 170 Å². The van der Waals surface area contributed by atoms with E-state index in [1.165, 1.54) is 54.9 Å². The van der Waals surface area contributed by atoms with Gasteiger partial charge in [0, 0.05) is 11.3 Å². The van der Waals surface area contributed by atoms with Gasteiger partial charge < -0.3 is 0 Å². The molecule has 230 valence electrons. The third kappa shape index (κ3) is 5.12. The Hall–Kier alpha value is -5.99. The molecule has 1 aromatic heterocycles. The van der Waals surface area contributed by atoms with Crippen LogP contribution in [0.4, 0.5) is 0 Å². The predicted molar refractivity (Wildman–Crippen MR) is 206 cm³/mol. The topological polar surface area (TPSA) is 17.8 Å². The van der Waals surface area contributed by atoms with Crippen LogP contribution in [0.25, 0.3) is 71.7 Å². The smallest absolute Gasteiger partial charge is 0.145 e. The third-order valence-electron chi connectivity index (χ3n) is 9.42. The summed E-state index contributed by atoms with van der Waals surface area (Å²) < 4.78 is 2.26. The normalized spacial score (nSPS) is 13.5. The van der Waals surface area contributed by atoms with Crippen LogP contribution in [0, 0.1) is 0 Å². The van der Waals surface area contributed by atoms with Crippen molar-refractivity contribution in [1.29, 1.82) is 0 Å². The number of para-hydroxylation sites is 2. The van der Waals surface area contributed by atoms with E-state index in [-0.39, 0.29) is 0 Å². The Morgan fingerprint density at radius 2 is 1.42 bits per heavy atom. The Balaban J connectivity index is 1.37. The van der Waals surface area contributed by atoms with Crippen molar-refractivity contribution >= 4 is 43.7 Å². The van der Waals surface area contributed by atoms with E-state index in [2.05, 4.69) is 164 Å². The van der Waals surface area contributed by atoms with Crippen LogP contribution >= 0.6 is 0 Å². The standard InChI is InChI=1S/C46H36N2/c1-3-5-16-32(4-2)46-47-42-23-14-15-24-43(42)48(46)37-28-25-35(26-29-37)45-39-22-13-12-21-38(39)44(34-19-10-7-11-20-34)40-30-27-36(31-41(40)45)33-17-8-6-9-18-33/h3-10,12-19,21-31H,1,11,20H2,2H3/b16-5-,32-4+. The molecule has 6 aromatic carbocycles. The molecular weight excluding hydrogens is 581 g/mol. The molecular formula is C46H36N2. The summed E-state index contributed by atoms with van der Waals surface area (Å²) in [6.45, 7) is 5.93. The largest absolute Gasteiger partial charge is 0.292 e. The maximum absolute atomic E-state index is 5.07. The van der Waals surface area contributed by atoms with Crippen molar-refractivity contribution in [3.8, 4) is 27.9 Å². The summed E-state index contributed by atoms with van der Waals surface area (Å²) in [5.41, 5.74) is 11.8. The number of fused-ring (bicyclic) bond motifs is 3. The summed E-state index contributed by atoms with van der Waals surface area (Å²) >= 11 is 0. The molecule has 48 heavy (non-hydrogen) atoms. The molecule has 0 bridgehead atoms. The van der Waals surface area contributed by atoms with Gasteiger partial charge >= 0.3 is 0 Å². The van der Waals surface area contributed by atoms with E-state index in [1.807, 2.05) is 12.1 Å². The van der Waals surface area contributed by atoms with Gasteiger partial charge in [0.2, 0.25) is 0 Å². The molecule has 0 atom stereocenters. The molecule has 2 nitrogen and oxygen atoms in total. The first-order chi connectivity index (χ1) is 23.7. The molecule has 0 radical (unpaired) electrons. The second-order valence-corrected chi connectivity index (χ2v) is 12.2. The highest BCUT2D eigenvalue weighted by atomic mass is 15.1. The van der Waals surface area contributed by atoms with Gasteiger partial charge in [0.1, 0.15) is 5.82 Å². The SMILES string of the molecule is C=C/C=C\C(=C/C)c1nc2ccccc2n1-c1ccc(-c2c3ccccc3c(C3=CC=CCC3)c3ccc(-c4ccccc4)cc23)cc1. The molecule has 8 rings (SSSR count). The second-order valence-electron chi connectivity index (χ2n) is 12.2. The zero-order valence-corrected chi connectivity index (χ0v) is 27.1. The molecule has 1 aliphatic carbocycles. The first-order valence-corrected chi connectivity index (χ1v) is 16.7. The molecule has 1 heterocycles. The van der Waals surface area contributed by atoms with Crippen LogP contribution in [0.2, 0.25) is 0 Å². The lowest BCUT2D eigenvalue weighted by Crippen LogP contribution is -2.00. The van der Waals surface area contributed by atoms with Crippen molar-refractivity contribution < 1.29 is 0 Å². The minimum atomic E-state index is 0.909. The van der Waals surface area contributed by atoms with Gasteiger partial charge in [-0.2, -0.15) is 0 Å². The maximum Gasteiger partial charge on any atom is 0.145 e. The van der Waals surface area contributed by atoms with Crippen molar-refractivity contribution in [2.24, 2.45) is 0 Å². The summed E-state index contributed by atoms with van der Waals surface area (Å²) in [6, 6.07) is 44.0. The van der Waals surface area contributed by atoms with Gasteiger partial charge in [0.05, 0.1) is 11.0 Å². The quantitative estimate of drug-likeness (QED) is 0.129. The number of benzene rings is 6. The monoisotopic (exact) mass is 616 g/mol. The summed E-state index contributed by atoms with van der Waals surface area (Å²) in [4.78, 5) is 5.07. The Bertz CT molecular complexity index is 2450. The van der Waals surface area contributed by atoms with E-state index < -0.39 is 0 Å². The van der Waals surface area contributed by atoms with Crippen molar-refractivity contribution in [3.05, 3.63) is 182 Å². The lowest BCUT2D eigenvalue weighted by Gasteiger charge is -2.21. The summed E-state index contributed by atoms with van der Waals surface area (Å²) in [7, 11) is 0. The van der Waals surface area contributed by atoms with Crippen LogP contribution in [0.5, 0.6) is 0 Å². The second kappa shape index (κ2) is 12.7. The molecule has 0 saturated heterocycles. The van der Waals surface area contributed by atoms with Crippen LogP contribution in [-0.4, -0.2) is 9.55 Å². The predicted octanol–water partition coefficient (Wildman–Crippen LogP) is 12.5. The van der Waals surface area contributed by atoms with E-state index in [4.69, 9.17) is 4.98 Å². The first-order valence-electron chi connectivity index (χ1n) is 16.7. The van der Waals surface area contributed by atoms with E-state index >= 15 is 0 Å². The van der Waals surface area contributed by atoms with Crippen molar-refractivity contribution in [2.45, 2.75) is 19.8 Å². The molecule has 0 unspecified atom stereocenters. The number of hydrogen-bond donors (Lipinski definition) is 0. The average molecular weight is 617 g/mol. The molecule has 1 aliphatic rings. The molecule has 0 fully saturated rings. The number of imidazole rings is 1. The van der Waals surface area contributed by atoms with Gasteiger partial charge in [-0.15, -0.1) is 0 Å². The van der Waals surface area contributed by atoms with E-state index in [0.717, 1.165) is 41.0 Å². The fraction of sp³-hybridized carbons (Fsp3) is 0.0652. The van der Waals surface area contributed by atoms with E-state index in [1.54, 1.807) is 6.08 Å². The van der Waals surface area contributed by atoms with E-state index in [0.29, 0.717) is 0 Å². The fourth-order valence-corrected chi connectivity index (χ4v) is 7.19. The Labute approximate surface area is 282 Å². The molecule has 0 N–H and O–H groups in total. The Morgan fingerprint density at radius 1 is 0.708 bits per heavy atom. The first kappa shape index (κ1) is 29.4. The Morgan fingerprint density at radius 3 is 2.17 bits per heavy atom. The third-order valence-corrected chi connectivity index (χ3v) is 9.42. The number of nitrogens with zero attached hydrogens (tertiary/aromatic N) is 2. The summed E-state index contributed by atoms with van der Waals surface area (Å²) in [5, 5.41) is 5.14. The molecule has 2 heteroatoms. The van der Waals surface area contributed by atoms with Crippen LogP contribution in [0.1, 0.15) is 31.2 Å². The Kier molecular flexibility index (Phi) is 7.76. The van der Waals surface area contributed by atoms with Gasteiger partial charge in [0.25, 0.3) is 0 Å². The minimum absolute atomic E-state index is 0.909.